The monoisotopic (exact) mass is 503 g/mol. The molecule has 0 aliphatic heterocycles. The van der Waals surface area contributed by atoms with Crippen molar-refractivity contribution in [3.8, 4) is 0 Å². The predicted octanol–water partition coefficient (Wildman–Crippen LogP) is 3.97. The Kier molecular flexibility index (Phi) is 8.40. The molecule has 0 aliphatic rings. The molecule has 13 heteroatoms. The van der Waals surface area contributed by atoms with Gasteiger partial charge >= 0.3 is 0 Å². The smallest absolute Gasteiger partial charge is 0.282 e. The van der Waals surface area contributed by atoms with Gasteiger partial charge in [-0.3, -0.25) is 19.7 Å². The average molecular weight is 505 g/mol. The van der Waals surface area contributed by atoms with E-state index in [4.69, 9.17) is 47.0 Å². The van der Waals surface area contributed by atoms with Gasteiger partial charge in [0.05, 0.1) is 4.92 Å². The SMILES string of the molecule is CC(=O)Nc1ccc(NC(=S)N[C@H](NC(=O)c2ccccc2[N+](=O)[O-])C(Cl)(Cl)Cl)cc1. The van der Waals surface area contributed by atoms with Crippen molar-refractivity contribution in [2.24, 2.45) is 0 Å². The molecule has 164 valence electrons. The van der Waals surface area contributed by atoms with Gasteiger partial charge < -0.3 is 21.3 Å². The fraction of sp³-hybridized carbons (Fsp3) is 0.167. The van der Waals surface area contributed by atoms with Gasteiger partial charge in [-0.05, 0) is 42.5 Å². The molecule has 0 aliphatic carbocycles. The zero-order valence-corrected chi connectivity index (χ0v) is 18.9. The Labute approximate surface area is 197 Å². The van der Waals surface area contributed by atoms with Crippen LogP contribution in [0.25, 0.3) is 0 Å². The molecule has 0 fully saturated rings. The number of carbonyl (C=O) groups excluding carboxylic acids is 2. The van der Waals surface area contributed by atoms with Gasteiger partial charge in [-0.15, -0.1) is 0 Å². The Morgan fingerprint density at radius 3 is 2.06 bits per heavy atom. The number of hydrogen-bond acceptors (Lipinski definition) is 5. The van der Waals surface area contributed by atoms with Crippen LogP contribution in [0.2, 0.25) is 0 Å². The number of nitro groups is 1. The summed E-state index contributed by atoms with van der Waals surface area (Å²) in [6, 6.07) is 11.9. The van der Waals surface area contributed by atoms with Crippen LogP contribution < -0.4 is 21.3 Å². The van der Waals surface area contributed by atoms with Crippen molar-refractivity contribution in [2.45, 2.75) is 16.9 Å². The molecular formula is C18H16Cl3N5O4S. The van der Waals surface area contributed by atoms with Gasteiger partial charge in [-0.25, -0.2) is 0 Å². The van der Waals surface area contributed by atoms with Crippen LogP contribution in [0, 0.1) is 10.1 Å². The molecule has 2 rings (SSSR count). The minimum atomic E-state index is -2.04. The van der Waals surface area contributed by atoms with Gasteiger partial charge in [0.1, 0.15) is 11.7 Å². The van der Waals surface area contributed by atoms with Gasteiger partial charge in [-0.1, -0.05) is 46.9 Å². The number of amides is 2. The van der Waals surface area contributed by atoms with E-state index >= 15 is 0 Å². The van der Waals surface area contributed by atoms with Crippen molar-refractivity contribution in [1.29, 1.82) is 0 Å². The van der Waals surface area contributed by atoms with Crippen LogP contribution in [-0.2, 0) is 4.79 Å². The Morgan fingerprint density at radius 1 is 1.00 bits per heavy atom. The summed E-state index contributed by atoms with van der Waals surface area (Å²) < 4.78 is -2.04. The molecule has 0 unspecified atom stereocenters. The summed E-state index contributed by atoms with van der Waals surface area (Å²) in [4.78, 5) is 34.1. The van der Waals surface area contributed by atoms with Crippen molar-refractivity contribution in [2.75, 3.05) is 10.6 Å². The van der Waals surface area contributed by atoms with E-state index in [1.807, 2.05) is 0 Å². The van der Waals surface area contributed by atoms with Crippen LogP contribution in [0.3, 0.4) is 0 Å². The molecular weight excluding hydrogens is 489 g/mol. The fourth-order valence-corrected chi connectivity index (χ4v) is 2.93. The molecule has 0 radical (unpaired) electrons. The Morgan fingerprint density at radius 2 is 1.55 bits per heavy atom. The topological polar surface area (TPSA) is 125 Å². The normalized spacial score (nSPS) is 11.7. The number of nitro benzene ring substituents is 1. The molecule has 0 aromatic heterocycles. The van der Waals surface area contributed by atoms with Crippen molar-refractivity contribution >= 4 is 81.0 Å². The minimum Gasteiger partial charge on any atom is -0.339 e. The van der Waals surface area contributed by atoms with E-state index in [0.29, 0.717) is 11.4 Å². The number of rotatable bonds is 6. The predicted molar refractivity (Wildman–Crippen MR) is 125 cm³/mol. The van der Waals surface area contributed by atoms with Gasteiger partial charge in [0.25, 0.3) is 11.6 Å². The lowest BCUT2D eigenvalue weighted by molar-refractivity contribution is -0.385. The molecule has 0 saturated carbocycles. The standard InChI is InChI=1S/C18H16Cl3N5O4S/c1-10(27)22-11-6-8-12(9-7-11)23-17(31)25-16(18(19,20)21)24-15(28)13-4-2-3-5-14(13)26(29)30/h2-9,16H,1H3,(H,22,27)(H,24,28)(H2,23,25,31)/t16-/m0/s1. The highest BCUT2D eigenvalue weighted by molar-refractivity contribution is 7.80. The molecule has 31 heavy (non-hydrogen) atoms. The number of nitrogens with zero attached hydrogens (tertiary/aromatic N) is 1. The lowest BCUT2D eigenvalue weighted by Crippen LogP contribution is -2.56. The Bertz CT molecular complexity index is 998. The lowest BCUT2D eigenvalue weighted by Gasteiger charge is -2.27. The lowest BCUT2D eigenvalue weighted by atomic mass is 10.1. The van der Waals surface area contributed by atoms with E-state index in [0.717, 1.165) is 0 Å². The maximum atomic E-state index is 12.6. The maximum absolute atomic E-state index is 12.6. The second-order valence-corrected chi connectivity index (χ2v) is 8.86. The molecule has 9 nitrogen and oxygen atoms in total. The molecule has 1 atom stereocenters. The molecule has 2 aromatic rings. The highest BCUT2D eigenvalue weighted by Crippen LogP contribution is 2.30. The third kappa shape index (κ3) is 7.51. The van der Waals surface area contributed by atoms with Gasteiger partial charge in [-0.2, -0.15) is 0 Å². The quantitative estimate of drug-likeness (QED) is 0.154. The fourth-order valence-electron chi connectivity index (χ4n) is 2.37. The van der Waals surface area contributed by atoms with Crippen LogP contribution in [0.5, 0.6) is 0 Å². The molecule has 2 amide bonds. The van der Waals surface area contributed by atoms with Gasteiger partial charge in [0.2, 0.25) is 9.70 Å². The second kappa shape index (κ2) is 10.6. The number of anilines is 2. The molecule has 0 saturated heterocycles. The largest absolute Gasteiger partial charge is 0.339 e. The number of carbonyl (C=O) groups is 2. The number of para-hydroxylation sites is 1. The van der Waals surface area contributed by atoms with Crippen molar-refractivity contribution in [3.63, 3.8) is 0 Å². The van der Waals surface area contributed by atoms with Crippen LogP contribution in [-0.4, -0.2) is 31.8 Å². The van der Waals surface area contributed by atoms with Crippen LogP contribution in [0.4, 0.5) is 17.1 Å². The number of nitrogens with one attached hydrogen (secondary N) is 4. The highest BCUT2D eigenvalue weighted by Gasteiger charge is 2.36. The Balaban J connectivity index is 2.10. The summed E-state index contributed by atoms with van der Waals surface area (Å²) in [6.07, 6.45) is -1.32. The molecule has 0 spiro atoms. The van der Waals surface area contributed by atoms with E-state index in [-0.39, 0.29) is 16.6 Å². The summed E-state index contributed by atoms with van der Waals surface area (Å²) in [6.45, 7) is 1.39. The number of benzene rings is 2. The second-order valence-electron chi connectivity index (χ2n) is 6.08. The first-order chi connectivity index (χ1) is 14.5. The van der Waals surface area contributed by atoms with E-state index in [1.165, 1.54) is 31.2 Å². The van der Waals surface area contributed by atoms with Gasteiger partial charge in [0, 0.05) is 24.4 Å². The van der Waals surface area contributed by atoms with Crippen molar-refractivity contribution in [1.82, 2.24) is 10.6 Å². The minimum absolute atomic E-state index is 0.00598. The average Bonchev–Trinajstić information content (AvgIpc) is 2.67. The van der Waals surface area contributed by atoms with Crippen LogP contribution in [0.1, 0.15) is 17.3 Å². The Hall–Kier alpha value is -2.66. The van der Waals surface area contributed by atoms with Gasteiger partial charge in [0.15, 0.2) is 5.11 Å². The van der Waals surface area contributed by atoms with Crippen LogP contribution >= 0.6 is 47.0 Å². The first-order valence-corrected chi connectivity index (χ1v) is 10.1. The van der Waals surface area contributed by atoms with Crippen molar-refractivity contribution in [3.05, 3.63) is 64.2 Å². The first-order valence-electron chi connectivity index (χ1n) is 8.53. The molecule has 0 bridgehead atoms. The van der Waals surface area contributed by atoms with E-state index in [9.17, 15) is 19.7 Å². The zero-order chi connectivity index (χ0) is 23.2. The van der Waals surface area contributed by atoms with E-state index in [1.54, 1.807) is 24.3 Å². The molecule has 0 heterocycles. The number of halogens is 3. The van der Waals surface area contributed by atoms with E-state index in [2.05, 4.69) is 21.3 Å². The summed E-state index contributed by atoms with van der Waals surface area (Å²) in [5.74, 6) is -1.05. The zero-order valence-electron chi connectivity index (χ0n) is 15.8. The first kappa shape index (κ1) is 24.6. The number of alkyl halides is 3. The van der Waals surface area contributed by atoms with E-state index < -0.39 is 26.5 Å². The highest BCUT2D eigenvalue weighted by atomic mass is 35.6. The third-order valence-corrected chi connectivity index (χ3v) is 4.56. The summed E-state index contributed by atoms with van der Waals surface area (Å²) in [7, 11) is 0. The summed E-state index contributed by atoms with van der Waals surface area (Å²) >= 11 is 23.0. The summed E-state index contributed by atoms with van der Waals surface area (Å²) in [5, 5.41) is 21.7. The third-order valence-electron chi connectivity index (χ3n) is 3.69. The molecule has 2 aromatic carbocycles. The number of thiocarbonyl (C=S) groups is 1. The summed E-state index contributed by atoms with van der Waals surface area (Å²) in [5.41, 5.74) is 0.538. The van der Waals surface area contributed by atoms with Crippen molar-refractivity contribution < 1.29 is 14.5 Å². The molecule has 4 N–H and O–H groups in total. The maximum Gasteiger partial charge on any atom is 0.282 e. The number of hydrogen-bond donors (Lipinski definition) is 4. The van der Waals surface area contributed by atoms with Crippen LogP contribution in [0.15, 0.2) is 48.5 Å².